The van der Waals surface area contributed by atoms with Gasteiger partial charge in [0.25, 0.3) is 0 Å². The molecule has 1 aromatic heterocycles. The predicted octanol–water partition coefficient (Wildman–Crippen LogP) is 4.07. The van der Waals surface area contributed by atoms with Gasteiger partial charge in [-0.25, -0.2) is 22.2 Å². The van der Waals surface area contributed by atoms with Gasteiger partial charge in [0.05, 0.1) is 12.3 Å². The van der Waals surface area contributed by atoms with Crippen LogP contribution in [0, 0.1) is 11.6 Å². The molecule has 0 radical (unpaired) electrons. The van der Waals surface area contributed by atoms with Gasteiger partial charge in [0.15, 0.2) is 11.6 Å². The van der Waals surface area contributed by atoms with Crippen molar-refractivity contribution in [2.45, 2.75) is 26.1 Å². The van der Waals surface area contributed by atoms with Crippen LogP contribution in [0.25, 0.3) is 6.08 Å². The van der Waals surface area contributed by atoms with E-state index >= 15 is 0 Å². The van der Waals surface area contributed by atoms with E-state index in [1.54, 1.807) is 11.6 Å². The molecule has 1 atom stereocenters. The summed E-state index contributed by atoms with van der Waals surface area (Å²) in [6.07, 6.45) is -1.61. The summed E-state index contributed by atoms with van der Waals surface area (Å²) in [6, 6.07) is 2.79. The summed E-state index contributed by atoms with van der Waals surface area (Å²) in [5.74, 6) is -3.09. The molecule has 0 aliphatic carbocycles. The molecule has 180 valence electrons. The Morgan fingerprint density at radius 3 is 2.30 bits per heavy atom. The van der Waals surface area contributed by atoms with Crippen molar-refractivity contribution in [3.8, 4) is 0 Å². The number of carbonyl (C=O) groups excluding carboxylic acids is 1. The topological polar surface area (TPSA) is 100 Å². The fourth-order valence-corrected chi connectivity index (χ4v) is 3.27. The van der Waals surface area contributed by atoms with Gasteiger partial charge in [-0.15, -0.1) is 0 Å². The molecule has 2 aromatic rings. The van der Waals surface area contributed by atoms with Gasteiger partial charge in [-0.1, -0.05) is 0 Å². The van der Waals surface area contributed by atoms with Crippen LogP contribution in [0.1, 0.15) is 36.7 Å². The minimum absolute atomic E-state index is 0.0235. The number of hydrogen-bond acceptors (Lipinski definition) is 5. The van der Waals surface area contributed by atoms with Gasteiger partial charge in [0.1, 0.15) is 17.2 Å². The fourth-order valence-electron chi connectivity index (χ4n) is 2.71. The number of rotatable bonds is 8. The molecule has 1 amide bonds. The van der Waals surface area contributed by atoms with Crippen molar-refractivity contribution in [3.05, 3.63) is 58.8 Å². The van der Waals surface area contributed by atoms with Gasteiger partial charge in [0, 0.05) is 18.2 Å². The monoisotopic (exact) mass is 492 g/mol. The molecule has 0 bridgehead atoms. The Kier molecular flexibility index (Phi) is 8.01. The van der Waals surface area contributed by atoms with E-state index in [1.165, 1.54) is 13.0 Å². The van der Waals surface area contributed by atoms with Crippen LogP contribution in [0.2, 0.25) is 0 Å². The first kappa shape index (κ1) is 26.0. The molecule has 0 saturated carbocycles. The Morgan fingerprint density at radius 2 is 1.79 bits per heavy atom. The quantitative estimate of drug-likeness (QED) is 0.381. The Labute approximate surface area is 187 Å². The molecule has 33 heavy (non-hydrogen) atoms. The number of amides is 1. The number of carbonyl (C=O) groups is 1. The SMILES string of the molecule is CCNc1nc(C(F)(F)F)ccc1/C=C\C(=O)N[C@H](C)c1cc(F)c(NS(C)(=O)=O)c(F)c1. The van der Waals surface area contributed by atoms with Crippen molar-refractivity contribution >= 4 is 33.5 Å². The summed E-state index contributed by atoms with van der Waals surface area (Å²) in [6.45, 7) is 3.39. The standard InChI is InChI=1S/C20H21F5N4O3S/c1-4-26-19-12(5-7-16(28-19)20(23,24)25)6-8-17(30)27-11(2)13-9-14(21)18(15(22)10-13)29-33(3,31)32/h5-11,29H,4H2,1-3H3,(H,26,28)(H,27,30)/b8-6-/t11-/m1/s1. The van der Waals surface area contributed by atoms with E-state index in [0.717, 1.165) is 36.6 Å². The molecule has 0 spiro atoms. The third-order valence-corrected chi connectivity index (χ3v) is 4.76. The summed E-state index contributed by atoms with van der Waals surface area (Å²) in [4.78, 5) is 15.7. The van der Waals surface area contributed by atoms with Crippen LogP contribution in [-0.4, -0.2) is 32.1 Å². The van der Waals surface area contributed by atoms with E-state index in [2.05, 4.69) is 15.6 Å². The number of nitrogens with zero attached hydrogens (tertiary/aromatic N) is 1. The number of halogens is 5. The normalized spacial score (nSPS) is 13.1. The van der Waals surface area contributed by atoms with Gasteiger partial charge >= 0.3 is 6.18 Å². The second kappa shape index (κ2) is 10.1. The van der Waals surface area contributed by atoms with E-state index in [-0.39, 0.29) is 16.9 Å². The summed E-state index contributed by atoms with van der Waals surface area (Å²) in [5, 5.41) is 5.14. The molecule has 1 aromatic carbocycles. The number of sulfonamides is 1. The predicted molar refractivity (Wildman–Crippen MR) is 114 cm³/mol. The van der Waals surface area contributed by atoms with Crippen LogP contribution in [-0.2, 0) is 21.0 Å². The van der Waals surface area contributed by atoms with E-state index in [9.17, 15) is 35.2 Å². The lowest BCUT2D eigenvalue weighted by atomic mass is 10.1. The van der Waals surface area contributed by atoms with Crippen LogP contribution >= 0.6 is 0 Å². The molecule has 0 saturated heterocycles. The van der Waals surface area contributed by atoms with E-state index in [1.807, 2.05) is 0 Å². The first-order valence-electron chi connectivity index (χ1n) is 9.48. The van der Waals surface area contributed by atoms with Crippen LogP contribution in [0.4, 0.5) is 33.5 Å². The molecule has 1 heterocycles. The maximum absolute atomic E-state index is 14.2. The summed E-state index contributed by atoms with van der Waals surface area (Å²) in [5.41, 5.74) is -1.69. The van der Waals surface area contributed by atoms with Gasteiger partial charge in [-0.3, -0.25) is 9.52 Å². The Hall–Kier alpha value is -3.22. The molecule has 13 heteroatoms. The molecule has 7 nitrogen and oxygen atoms in total. The number of anilines is 2. The number of alkyl halides is 3. The first-order chi connectivity index (χ1) is 15.2. The Morgan fingerprint density at radius 1 is 1.18 bits per heavy atom. The van der Waals surface area contributed by atoms with Gasteiger partial charge in [0.2, 0.25) is 15.9 Å². The van der Waals surface area contributed by atoms with Gasteiger partial charge in [-0.2, -0.15) is 13.2 Å². The molecule has 2 rings (SSSR count). The third kappa shape index (κ3) is 7.41. The fraction of sp³-hybridized carbons (Fsp3) is 0.300. The zero-order valence-corrected chi connectivity index (χ0v) is 18.5. The highest BCUT2D eigenvalue weighted by Crippen LogP contribution is 2.30. The van der Waals surface area contributed by atoms with Crippen molar-refractivity contribution in [3.63, 3.8) is 0 Å². The first-order valence-corrected chi connectivity index (χ1v) is 11.4. The summed E-state index contributed by atoms with van der Waals surface area (Å²) in [7, 11) is -3.91. The number of hydrogen-bond donors (Lipinski definition) is 3. The van der Waals surface area contributed by atoms with Gasteiger partial charge in [-0.05, 0) is 49.8 Å². The zero-order valence-electron chi connectivity index (χ0n) is 17.7. The van der Waals surface area contributed by atoms with Crippen molar-refractivity contribution in [1.29, 1.82) is 0 Å². The Bertz CT molecular complexity index is 1140. The molecule has 0 unspecified atom stereocenters. The van der Waals surface area contributed by atoms with Crippen LogP contribution in [0.15, 0.2) is 30.3 Å². The minimum Gasteiger partial charge on any atom is -0.370 e. The maximum atomic E-state index is 14.2. The van der Waals surface area contributed by atoms with E-state index in [4.69, 9.17) is 0 Å². The van der Waals surface area contributed by atoms with Gasteiger partial charge < -0.3 is 10.6 Å². The smallest absolute Gasteiger partial charge is 0.370 e. The average molecular weight is 492 g/mol. The van der Waals surface area contributed by atoms with Crippen molar-refractivity contribution in [2.75, 3.05) is 22.8 Å². The summed E-state index contributed by atoms with van der Waals surface area (Å²) < 4.78 is 91.1. The van der Waals surface area contributed by atoms with Crippen molar-refractivity contribution in [1.82, 2.24) is 10.3 Å². The lowest BCUT2D eigenvalue weighted by molar-refractivity contribution is -0.141. The molecule has 0 aliphatic rings. The lowest BCUT2D eigenvalue weighted by Crippen LogP contribution is -2.25. The second-order valence-electron chi connectivity index (χ2n) is 6.96. The highest BCUT2D eigenvalue weighted by molar-refractivity contribution is 7.92. The second-order valence-corrected chi connectivity index (χ2v) is 8.71. The highest BCUT2D eigenvalue weighted by Gasteiger charge is 2.32. The number of nitrogens with one attached hydrogen (secondary N) is 3. The molecule has 3 N–H and O–H groups in total. The Balaban J connectivity index is 2.18. The van der Waals surface area contributed by atoms with Crippen LogP contribution in [0.5, 0.6) is 0 Å². The van der Waals surface area contributed by atoms with Crippen LogP contribution in [0.3, 0.4) is 0 Å². The van der Waals surface area contributed by atoms with Crippen molar-refractivity contribution in [2.24, 2.45) is 0 Å². The zero-order chi connectivity index (χ0) is 25.0. The van der Waals surface area contributed by atoms with E-state index < -0.39 is 51.2 Å². The molecule has 0 fully saturated rings. The van der Waals surface area contributed by atoms with E-state index in [0.29, 0.717) is 6.54 Å². The highest BCUT2D eigenvalue weighted by atomic mass is 32.2. The average Bonchev–Trinajstić information content (AvgIpc) is 2.68. The van der Waals surface area contributed by atoms with Crippen molar-refractivity contribution < 1.29 is 35.2 Å². The maximum Gasteiger partial charge on any atom is 0.433 e. The molecular weight excluding hydrogens is 471 g/mol. The largest absolute Gasteiger partial charge is 0.433 e. The molecular formula is C20H21F5N4O3S. The summed E-state index contributed by atoms with van der Waals surface area (Å²) >= 11 is 0. The molecule has 0 aliphatic heterocycles. The lowest BCUT2D eigenvalue weighted by Gasteiger charge is -2.15. The van der Waals surface area contributed by atoms with Crippen LogP contribution < -0.4 is 15.4 Å². The number of pyridine rings is 1. The third-order valence-electron chi connectivity index (χ3n) is 4.19. The number of benzene rings is 1. The minimum atomic E-state index is -4.63. The number of aromatic nitrogens is 1.